The van der Waals surface area contributed by atoms with E-state index in [4.69, 9.17) is 25.6 Å². The Morgan fingerprint density at radius 2 is 1.88 bits per heavy atom. The minimum Gasteiger partial charge on any atom is -0.493 e. The Bertz CT molecular complexity index is 1290. The summed E-state index contributed by atoms with van der Waals surface area (Å²) in [6, 6.07) is 12.6. The van der Waals surface area contributed by atoms with Crippen molar-refractivity contribution < 1.29 is 18.8 Å². The van der Waals surface area contributed by atoms with Gasteiger partial charge in [0.1, 0.15) is 17.4 Å². The molecule has 34 heavy (non-hydrogen) atoms. The molecule has 4 aromatic rings. The lowest BCUT2D eigenvalue weighted by Crippen LogP contribution is -2.22. The molecule has 1 N–H and O–H groups in total. The van der Waals surface area contributed by atoms with Crippen LogP contribution in [-0.4, -0.2) is 23.2 Å². The fraction of sp³-hybridized carbons (Fsp3) is 0.240. The molecule has 0 radical (unpaired) electrons. The lowest BCUT2D eigenvalue weighted by Gasteiger charge is -2.12. The number of nitrogens with zero attached hydrogens (tertiary/aromatic N) is 2. The predicted molar refractivity (Wildman–Crippen MR) is 132 cm³/mol. The molecule has 0 spiro atoms. The van der Waals surface area contributed by atoms with Crippen LogP contribution >= 0.6 is 22.9 Å². The number of hydrogen-bond donors (Lipinski definition) is 1. The van der Waals surface area contributed by atoms with Crippen LogP contribution in [0.1, 0.15) is 37.3 Å². The molecule has 7 nitrogen and oxygen atoms in total. The lowest BCUT2D eigenvalue weighted by atomic mass is 10.1. The molecule has 4 rings (SSSR count). The maximum absolute atomic E-state index is 12.8. The first-order valence-electron chi connectivity index (χ1n) is 10.6. The smallest absolute Gasteiger partial charge is 0.251 e. The Labute approximate surface area is 206 Å². The van der Waals surface area contributed by atoms with Gasteiger partial charge in [0.05, 0.1) is 30.6 Å². The molecular formula is C25H24ClN3O4S. The summed E-state index contributed by atoms with van der Waals surface area (Å²) in [5.74, 6) is 1.48. The van der Waals surface area contributed by atoms with Crippen molar-refractivity contribution in [2.75, 3.05) is 7.11 Å². The van der Waals surface area contributed by atoms with Crippen LogP contribution in [0.25, 0.3) is 11.3 Å². The van der Waals surface area contributed by atoms with Crippen molar-refractivity contribution >= 4 is 28.8 Å². The normalized spacial score (nSPS) is 10.9. The SMILES string of the molecule is COc1cc(C(=O)NCc2nc(-c3ccc(Cl)cc3)c(C)s2)ccc1OCc1c(C)noc1C. The molecular weight excluding hydrogens is 474 g/mol. The first-order chi connectivity index (χ1) is 16.4. The van der Waals surface area contributed by atoms with E-state index in [2.05, 4.69) is 15.5 Å². The number of hydrogen-bond acceptors (Lipinski definition) is 7. The van der Waals surface area contributed by atoms with Gasteiger partial charge in [0.15, 0.2) is 11.5 Å². The van der Waals surface area contributed by atoms with Gasteiger partial charge in [-0.25, -0.2) is 4.98 Å². The van der Waals surface area contributed by atoms with Gasteiger partial charge < -0.3 is 19.3 Å². The van der Waals surface area contributed by atoms with Crippen molar-refractivity contribution in [1.82, 2.24) is 15.5 Å². The number of methoxy groups -OCH3 is 1. The third-order valence-corrected chi connectivity index (χ3v) is 6.56. The standard InChI is InChI=1S/C25H24ClN3O4S/c1-14-20(15(2)33-29-14)13-32-21-10-7-18(11-22(21)31-4)25(30)27-12-23-28-24(16(3)34-23)17-5-8-19(26)9-6-17/h5-11H,12-13H2,1-4H3,(H,27,30). The van der Waals surface area contributed by atoms with Gasteiger partial charge in [-0.1, -0.05) is 28.9 Å². The van der Waals surface area contributed by atoms with E-state index in [0.29, 0.717) is 41.0 Å². The van der Waals surface area contributed by atoms with Gasteiger partial charge in [-0.3, -0.25) is 4.79 Å². The summed E-state index contributed by atoms with van der Waals surface area (Å²) in [5, 5.41) is 8.36. The van der Waals surface area contributed by atoms with E-state index in [1.165, 1.54) is 7.11 Å². The molecule has 0 unspecified atom stereocenters. The van der Waals surface area contributed by atoms with Gasteiger partial charge in [0.2, 0.25) is 0 Å². The van der Waals surface area contributed by atoms with Crippen molar-refractivity contribution in [3.63, 3.8) is 0 Å². The van der Waals surface area contributed by atoms with Crippen LogP contribution in [0.5, 0.6) is 11.5 Å². The monoisotopic (exact) mass is 497 g/mol. The second-order valence-electron chi connectivity index (χ2n) is 7.66. The van der Waals surface area contributed by atoms with E-state index < -0.39 is 0 Å². The fourth-order valence-corrected chi connectivity index (χ4v) is 4.47. The average Bonchev–Trinajstić information content (AvgIpc) is 3.37. The van der Waals surface area contributed by atoms with Crippen LogP contribution in [0.4, 0.5) is 0 Å². The molecule has 0 bridgehead atoms. The number of halogens is 1. The molecule has 0 aliphatic heterocycles. The zero-order valence-electron chi connectivity index (χ0n) is 19.3. The highest BCUT2D eigenvalue weighted by Gasteiger charge is 2.15. The number of amides is 1. The van der Waals surface area contributed by atoms with Crippen LogP contribution in [0, 0.1) is 20.8 Å². The molecule has 9 heteroatoms. The Morgan fingerprint density at radius 1 is 1.12 bits per heavy atom. The lowest BCUT2D eigenvalue weighted by molar-refractivity contribution is 0.0950. The molecule has 0 fully saturated rings. The summed E-state index contributed by atoms with van der Waals surface area (Å²) < 4.78 is 16.5. The van der Waals surface area contributed by atoms with Crippen LogP contribution < -0.4 is 14.8 Å². The number of nitrogens with one attached hydrogen (secondary N) is 1. The highest BCUT2D eigenvalue weighted by atomic mass is 35.5. The van der Waals surface area contributed by atoms with Gasteiger partial charge in [0, 0.05) is 21.0 Å². The molecule has 0 atom stereocenters. The van der Waals surface area contributed by atoms with Gasteiger partial charge >= 0.3 is 0 Å². The van der Waals surface area contributed by atoms with E-state index in [-0.39, 0.29) is 5.91 Å². The number of rotatable bonds is 8. The maximum atomic E-state index is 12.8. The second-order valence-corrected chi connectivity index (χ2v) is 9.38. The minimum absolute atomic E-state index is 0.225. The van der Waals surface area contributed by atoms with Crippen LogP contribution in [-0.2, 0) is 13.2 Å². The van der Waals surface area contributed by atoms with Crippen molar-refractivity contribution in [1.29, 1.82) is 0 Å². The van der Waals surface area contributed by atoms with Crippen molar-refractivity contribution in [2.24, 2.45) is 0 Å². The number of benzene rings is 2. The number of ether oxygens (including phenoxy) is 2. The predicted octanol–water partition coefficient (Wildman–Crippen LogP) is 5.89. The molecule has 2 aromatic heterocycles. The third-order valence-electron chi connectivity index (χ3n) is 5.34. The highest BCUT2D eigenvalue weighted by molar-refractivity contribution is 7.12. The summed E-state index contributed by atoms with van der Waals surface area (Å²) in [5.41, 5.74) is 4.03. The van der Waals surface area contributed by atoms with E-state index in [0.717, 1.165) is 32.4 Å². The Balaban J connectivity index is 1.41. The van der Waals surface area contributed by atoms with Crippen molar-refractivity contribution in [3.05, 3.63) is 80.0 Å². The molecule has 0 saturated carbocycles. The Morgan fingerprint density at radius 3 is 2.56 bits per heavy atom. The van der Waals surface area contributed by atoms with E-state index in [1.54, 1.807) is 29.5 Å². The van der Waals surface area contributed by atoms with Crippen LogP contribution in [0.15, 0.2) is 47.0 Å². The van der Waals surface area contributed by atoms with Gasteiger partial charge in [0.25, 0.3) is 5.91 Å². The third kappa shape index (κ3) is 5.24. The first kappa shape index (κ1) is 23.8. The zero-order chi connectivity index (χ0) is 24.2. The summed E-state index contributed by atoms with van der Waals surface area (Å²) >= 11 is 7.54. The molecule has 1 amide bonds. The molecule has 176 valence electrons. The molecule has 0 aliphatic rings. The van der Waals surface area contributed by atoms with E-state index in [9.17, 15) is 4.79 Å². The quantitative estimate of drug-likeness (QED) is 0.326. The van der Waals surface area contributed by atoms with Gasteiger partial charge in [-0.2, -0.15) is 0 Å². The largest absolute Gasteiger partial charge is 0.493 e. The maximum Gasteiger partial charge on any atom is 0.251 e. The molecule has 0 saturated heterocycles. The molecule has 2 heterocycles. The van der Waals surface area contributed by atoms with Crippen molar-refractivity contribution in [2.45, 2.75) is 33.9 Å². The topological polar surface area (TPSA) is 86.5 Å². The molecule has 2 aromatic carbocycles. The average molecular weight is 498 g/mol. The summed E-state index contributed by atoms with van der Waals surface area (Å²) in [6.45, 7) is 6.33. The molecule has 0 aliphatic carbocycles. The highest BCUT2D eigenvalue weighted by Crippen LogP contribution is 2.30. The van der Waals surface area contributed by atoms with Crippen LogP contribution in [0.3, 0.4) is 0 Å². The Hall–Kier alpha value is -3.36. The fourth-order valence-electron chi connectivity index (χ4n) is 3.45. The minimum atomic E-state index is -0.225. The Kier molecular flexibility index (Phi) is 7.19. The second kappa shape index (κ2) is 10.3. The van der Waals surface area contributed by atoms with Gasteiger partial charge in [-0.05, 0) is 51.1 Å². The number of aromatic nitrogens is 2. The zero-order valence-corrected chi connectivity index (χ0v) is 20.8. The summed E-state index contributed by atoms with van der Waals surface area (Å²) in [4.78, 5) is 18.5. The van der Waals surface area contributed by atoms with E-state index in [1.807, 2.05) is 45.0 Å². The summed E-state index contributed by atoms with van der Waals surface area (Å²) in [6.07, 6.45) is 0. The first-order valence-corrected chi connectivity index (χ1v) is 11.8. The number of aryl methyl sites for hydroxylation is 3. The number of thiazole rings is 1. The van der Waals surface area contributed by atoms with Gasteiger partial charge in [-0.15, -0.1) is 11.3 Å². The van der Waals surface area contributed by atoms with E-state index >= 15 is 0 Å². The number of carbonyl (C=O) groups excluding carboxylic acids is 1. The summed E-state index contributed by atoms with van der Waals surface area (Å²) in [7, 11) is 1.54. The van der Waals surface area contributed by atoms with Crippen LogP contribution in [0.2, 0.25) is 5.02 Å². The van der Waals surface area contributed by atoms with Crippen molar-refractivity contribution in [3.8, 4) is 22.8 Å². The number of carbonyl (C=O) groups is 1.